The zero-order valence-electron chi connectivity index (χ0n) is 5.85. The molecule has 2 atom stereocenters. The average molecular weight is 151 g/mol. The highest BCUT2D eigenvalue weighted by molar-refractivity contribution is 6.20. The van der Waals surface area contributed by atoms with Crippen molar-refractivity contribution in [3.05, 3.63) is 0 Å². The lowest BCUT2D eigenvalue weighted by molar-refractivity contribution is -0.145. The second-order valence-corrected chi connectivity index (χ2v) is 2.68. The van der Waals surface area contributed by atoms with Crippen LogP contribution in [0.15, 0.2) is 0 Å². The highest BCUT2D eigenvalue weighted by Gasteiger charge is 2.10. The van der Waals surface area contributed by atoms with Crippen LogP contribution in [0.5, 0.6) is 0 Å². The number of carbonyl (C=O) groups is 1. The number of esters is 1. The maximum atomic E-state index is 10.3. The number of rotatable bonds is 2. The molecule has 0 aliphatic carbocycles. The number of alkyl halides is 1. The van der Waals surface area contributed by atoms with Gasteiger partial charge in [-0.15, -0.1) is 11.6 Å². The van der Waals surface area contributed by atoms with Crippen LogP contribution in [-0.4, -0.2) is 17.5 Å². The Bertz CT molecular complexity index is 101. The first-order valence-electron chi connectivity index (χ1n) is 2.85. The molecule has 0 aromatic rings. The highest BCUT2D eigenvalue weighted by Crippen LogP contribution is 2.04. The van der Waals surface area contributed by atoms with Crippen LogP contribution in [0, 0.1) is 0 Å². The van der Waals surface area contributed by atoms with Gasteiger partial charge in [-0.05, 0) is 13.8 Å². The fourth-order valence-electron chi connectivity index (χ4n) is 0.356. The number of hydrogen-bond donors (Lipinski definition) is 0. The Balaban J connectivity index is 3.50. The largest absolute Gasteiger partial charge is 0.461 e. The standard InChI is InChI=1S/C6H11ClO2/c1-4(7)5(2)9-6(3)8/h4-5H,1-3H3/t4-,5-/m1/s1. The summed E-state index contributed by atoms with van der Waals surface area (Å²) < 4.78 is 4.74. The summed E-state index contributed by atoms with van der Waals surface area (Å²) >= 11 is 5.60. The molecular formula is C6H11ClO2. The van der Waals surface area contributed by atoms with Gasteiger partial charge in [0.15, 0.2) is 0 Å². The van der Waals surface area contributed by atoms with E-state index in [1.54, 1.807) is 13.8 Å². The van der Waals surface area contributed by atoms with Gasteiger partial charge in [0.25, 0.3) is 0 Å². The van der Waals surface area contributed by atoms with Crippen LogP contribution in [-0.2, 0) is 9.53 Å². The Morgan fingerprint density at radius 3 is 2.11 bits per heavy atom. The van der Waals surface area contributed by atoms with Gasteiger partial charge in [0.1, 0.15) is 6.10 Å². The molecule has 0 aromatic heterocycles. The van der Waals surface area contributed by atoms with Gasteiger partial charge >= 0.3 is 5.97 Å². The first-order valence-corrected chi connectivity index (χ1v) is 3.29. The first-order chi connectivity index (χ1) is 4.04. The minimum absolute atomic E-state index is 0.117. The normalized spacial score (nSPS) is 16.4. The van der Waals surface area contributed by atoms with Crippen LogP contribution >= 0.6 is 11.6 Å². The van der Waals surface area contributed by atoms with Crippen molar-refractivity contribution in [3.63, 3.8) is 0 Å². The molecule has 0 rings (SSSR count). The van der Waals surface area contributed by atoms with E-state index in [1.807, 2.05) is 0 Å². The molecule has 0 saturated heterocycles. The Morgan fingerprint density at radius 1 is 1.56 bits per heavy atom. The van der Waals surface area contributed by atoms with E-state index in [9.17, 15) is 4.79 Å². The predicted molar refractivity (Wildman–Crippen MR) is 36.5 cm³/mol. The van der Waals surface area contributed by atoms with E-state index in [2.05, 4.69) is 0 Å². The second-order valence-electron chi connectivity index (χ2n) is 1.99. The average Bonchev–Trinajstić information content (AvgIpc) is 1.63. The smallest absolute Gasteiger partial charge is 0.302 e. The lowest BCUT2D eigenvalue weighted by Gasteiger charge is -2.12. The lowest BCUT2D eigenvalue weighted by atomic mass is 10.3. The molecule has 0 fully saturated rings. The summed E-state index contributed by atoms with van der Waals surface area (Å²) in [6.07, 6.45) is -0.191. The van der Waals surface area contributed by atoms with E-state index < -0.39 is 0 Å². The second kappa shape index (κ2) is 3.72. The van der Waals surface area contributed by atoms with Crippen molar-refractivity contribution in [1.82, 2.24) is 0 Å². The van der Waals surface area contributed by atoms with Crippen LogP contribution in [0.1, 0.15) is 20.8 Å². The van der Waals surface area contributed by atoms with Crippen molar-refractivity contribution >= 4 is 17.6 Å². The third-order valence-corrected chi connectivity index (χ3v) is 1.35. The minimum Gasteiger partial charge on any atom is -0.461 e. The van der Waals surface area contributed by atoms with Crippen molar-refractivity contribution in [2.45, 2.75) is 32.3 Å². The van der Waals surface area contributed by atoms with Gasteiger partial charge in [-0.25, -0.2) is 0 Å². The molecule has 0 bridgehead atoms. The Hall–Kier alpha value is -0.240. The number of halogens is 1. The van der Waals surface area contributed by atoms with Crippen LogP contribution in [0.3, 0.4) is 0 Å². The van der Waals surface area contributed by atoms with Gasteiger partial charge < -0.3 is 4.74 Å². The molecule has 0 aromatic carbocycles. The van der Waals surface area contributed by atoms with Crippen molar-refractivity contribution < 1.29 is 9.53 Å². The molecule has 0 unspecified atom stereocenters. The summed E-state index contributed by atoms with van der Waals surface area (Å²) in [5, 5.41) is -0.117. The maximum absolute atomic E-state index is 10.3. The van der Waals surface area contributed by atoms with Crippen LogP contribution < -0.4 is 0 Å². The molecule has 3 heteroatoms. The van der Waals surface area contributed by atoms with Gasteiger partial charge in [0.05, 0.1) is 5.38 Å². The molecular weight excluding hydrogens is 140 g/mol. The molecule has 0 spiro atoms. The van der Waals surface area contributed by atoms with Crippen molar-refractivity contribution in [2.24, 2.45) is 0 Å². The molecule has 54 valence electrons. The molecule has 0 aliphatic heterocycles. The Labute approximate surface area is 60.1 Å². The molecule has 2 nitrogen and oxygen atoms in total. The van der Waals surface area contributed by atoms with Crippen LogP contribution in [0.25, 0.3) is 0 Å². The van der Waals surface area contributed by atoms with Gasteiger partial charge in [0.2, 0.25) is 0 Å². The van der Waals surface area contributed by atoms with Gasteiger partial charge in [-0.2, -0.15) is 0 Å². The highest BCUT2D eigenvalue weighted by atomic mass is 35.5. The van der Waals surface area contributed by atoms with Crippen LogP contribution in [0.2, 0.25) is 0 Å². The summed E-state index contributed by atoms with van der Waals surface area (Å²) in [6.45, 7) is 4.92. The van der Waals surface area contributed by atoms with E-state index in [1.165, 1.54) is 6.92 Å². The predicted octanol–water partition coefficient (Wildman–Crippen LogP) is 1.57. The number of ether oxygens (including phenoxy) is 1. The zero-order valence-corrected chi connectivity index (χ0v) is 6.61. The van der Waals surface area contributed by atoms with E-state index in [0.29, 0.717) is 0 Å². The monoisotopic (exact) mass is 150 g/mol. The third kappa shape index (κ3) is 4.28. The first kappa shape index (κ1) is 8.76. The molecule has 0 heterocycles. The van der Waals surface area contributed by atoms with E-state index in [4.69, 9.17) is 16.3 Å². The zero-order chi connectivity index (χ0) is 7.44. The van der Waals surface area contributed by atoms with Crippen molar-refractivity contribution in [3.8, 4) is 0 Å². The van der Waals surface area contributed by atoms with E-state index in [0.717, 1.165) is 0 Å². The minimum atomic E-state index is -0.282. The molecule has 0 aliphatic rings. The summed E-state index contributed by atoms with van der Waals surface area (Å²) in [6, 6.07) is 0. The van der Waals surface area contributed by atoms with Gasteiger partial charge in [-0.1, -0.05) is 0 Å². The molecule has 0 amide bonds. The lowest BCUT2D eigenvalue weighted by Crippen LogP contribution is -2.20. The summed E-state index contributed by atoms with van der Waals surface area (Å²) in [7, 11) is 0. The van der Waals surface area contributed by atoms with Gasteiger partial charge in [-0.3, -0.25) is 4.79 Å². The van der Waals surface area contributed by atoms with E-state index >= 15 is 0 Å². The summed E-state index contributed by atoms with van der Waals surface area (Å²) in [4.78, 5) is 10.3. The molecule has 0 radical (unpaired) electrons. The molecule has 9 heavy (non-hydrogen) atoms. The topological polar surface area (TPSA) is 26.3 Å². The fraction of sp³-hybridized carbons (Fsp3) is 0.833. The summed E-state index contributed by atoms with van der Waals surface area (Å²) in [5.74, 6) is -0.282. The maximum Gasteiger partial charge on any atom is 0.302 e. The quantitative estimate of drug-likeness (QED) is 0.441. The van der Waals surface area contributed by atoms with E-state index in [-0.39, 0.29) is 17.5 Å². The molecule has 0 N–H and O–H groups in total. The van der Waals surface area contributed by atoms with Crippen LogP contribution in [0.4, 0.5) is 0 Å². The van der Waals surface area contributed by atoms with Crippen molar-refractivity contribution in [2.75, 3.05) is 0 Å². The van der Waals surface area contributed by atoms with Crippen molar-refractivity contribution in [1.29, 1.82) is 0 Å². The Morgan fingerprint density at radius 2 is 2.00 bits per heavy atom. The SMILES string of the molecule is CC(=O)O[C@H](C)[C@@H](C)Cl. The number of hydrogen-bond acceptors (Lipinski definition) is 2. The fourth-order valence-corrected chi connectivity index (χ4v) is 0.407. The van der Waals surface area contributed by atoms with Gasteiger partial charge in [0, 0.05) is 6.92 Å². The Kier molecular flexibility index (Phi) is 3.62. The molecule has 0 saturated carbocycles. The summed E-state index contributed by atoms with van der Waals surface area (Å²) in [5.41, 5.74) is 0. The third-order valence-electron chi connectivity index (χ3n) is 0.999. The number of carbonyl (C=O) groups excluding carboxylic acids is 1.